The zero-order chi connectivity index (χ0) is 15.0. The summed E-state index contributed by atoms with van der Waals surface area (Å²) in [6, 6.07) is 0.216. The Morgan fingerprint density at radius 3 is 2.60 bits per heavy atom. The molecule has 1 heterocycles. The average molecular weight is 282 g/mol. The Morgan fingerprint density at radius 2 is 2.05 bits per heavy atom. The molecule has 6 heteroatoms. The van der Waals surface area contributed by atoms with Crippen LogP contribution in [0.2, 0.25) is 0 Å². The van der Waals surface area contributed by atoms with Crippen molar-refractivity contribution < 1.29 is 9.47 Å². The molecule has 114 valence electrons. The highest BCUT2D eigenvalue weighted by Crippen LogP contribution is 2.32. The summed E-state index contributed by atoms with van der Waals surface area (Å²) in [5.41, 5.74) is 0. The van der Waals surface area contributed by atoms with Gasteiger partial charge in [-0.1, -0.05) is 6.92 Å². The molecule has 0 amide bonds. The molecule has 6 nitrogen and oxygen atoms in total. The molecule has 0 saturated carbocycles. The van der Waals surface area contributed by atoms with E-state index in [1.807, 2.05) is 0 Å². The molecular formula is C14H26N4O2. The molecule has 0 fully saturated rings. The van der Waals surface area contributed by atoms with E-state index in [0.717, 1.165) is 31.1 Å². The number of ether oxygens (including phenoxy) is 2. The topological polar surface area (TPSA) is 59.5 Å². The Balaban J connectivity index is 3.07. The molecule has 1 aromatic heterocycles. The third kappa shape index (κ3) is 3.96. The summed E-state index contributed by atoms with van der Waals surface area (Å²) >= 11 is 0. The molecule has 1 aromatic rings. The minimum Gasteiger partial charge on any atom is -0.490 e. The largest absolute Gasteiger partial charge is 0.490 e. The number of nitrogens with one attached hydrogen (secondary N) is 1. The minimum atomic E-state index is 0.216. The molecule has 0 saturated heterocycles. The van der Waals surface area contributed by atoms with Gasteiger partial charge in [0.05, 0.1) is 19.8 Å². The van der Waals surface area contributed by atoms with Crippen LogP contribution < -0.4 is 15.0 Å². The summed E-state index contributed by atoms with van der Waals surface area (Å²) in [6.07, 6.45) is 2.60. The number of hydrogen-bond acceptors (Lipinski definition) is 6. The smallest absolute Gasteiger partial charge is 0.204 e. The van der Waals surface area contributed by atoms with Crippen molar-refractivity contribution in [2.24, 2.45) is 0 Å². The molecule has 0 aliphatic rings. The Kier molecular flexibility index (Phi) is 7.08. The van der Waals surface area contributed by atoms with E-state index >= 15 is 0 Å². The second-order valence-electron chi connectivity index (χ2n) is 4.60. The normalized spacial score (nSPS) is 12.1. The highest BCUT2D eigenvalue weighted by atomic mass is 16.5. The zero-order valence-corrected chi connectivity index (χ0v) is 13.1. The average Bonchev–Trinajstić information content (AvgIpc) is 2.46. The van der Waals surface area contributed by atoms with Gasteiger partial charge in [-0.15, -0.1) is 0 Å². The lowest BCUT2D eigenvalue weighted by molar-refractivity contribution is 0.181. The standard InChI is InChI=1S/C14H26N4O2/c1-6-8-15-13-12(20-5)14(17-10-16-13)18(7-2)11(3)9-19-4/h10-11H,6-9H2,1-5H3,(H,15,16,17). The van der Waals surface area contributed by atoms with Gasteiger partial charge in [0.25, 0.3) is 0 Å². The van der Waals surface area contributed by atoms with E-state index in [2.05, 4.69) is 41.0 Å². The maximum absolute atomic E-state index is 5.51. The van der Waals surface area contributed by atoms with Crippen molar-refractivity contribution in [3.05, 3.63) is 6.33 Å². The van der Waals surface area contributed by atoms with E-state index in [9.17, 15) is 0 Å². The second-order valence-corrected chi connectivity index (χ2v) is 4.60. The maximum atomic E-state index is 5.51. The summed E-state index contributed by atoms with van der Waals surface area (Å²) in [4.78, 5) is 10.8. The predicted molar refractivity (Wildman–Crippen MR) is 81.7 cm³/mol. The van der Waals surface area contributed by atoms with Crippen LogP contribution in [0.1, 0.15) is 27.2 Å². The van der Waals surface area contributed by atoms with Crippen LogP contribution in [0.5, 0.6) is 5.75 Å². The van der Waals surface area contributed by atoms with Crippen molar-refractivity contribution >= 4 is 11.6 Å². The lowest BCUT2D eigenvalue weighted by Gasteiger charge is -2.30. The van der Waals surface area contributed by atoms with E-state index in [-0.39, 0.29) is 6.04 Å². The third-order valence-electron chi connectivity index (χ3n) is 3.08. The third-order valence-corrected chi connectivity index (χ3v) is 3.08. The molecule has 0 bridgehead atoms. The molecule has 0 aliphatic heterocycles. The molecule has 0 radical (unpaired) electrons. The quantitative estimate of drug-likeness (QED) is 0.749. The van der Waals surface area contributed by atoms with Gasteiger partial charge >= 0.3 is 0 Å². The van der Waals surface area contributed by atoms with Crippen LogP contribution in [0.15, 0.2) is 6.33 Å². The van der Waals surface area contributed by atoms with Gasteiger partial charge in [-0.3, -0.25) is 0 Å². The van der Waals surface area contributed by atoms with Gasteiger partial charge in [0.1, 0.15) is 6.33 Å². The van der Waals surface area contributed by atoms with Crippen molar-refractivity contribution in [3.63, 3.8) is 0 Å². The Hall–Kier alpha value is -1.56. The van der Waals surface area contributed by atoms with Crippen LogP contribution in [0.4, 0.5) is 11.6 Å². The Bertz CT molecular complexity index is 401. The first-order chi connectivity index (χ1) is 9.69. The van der Waals surface area contributed by atoms with Crippen LogP contribution in [0.3, 0.4) is 0 Å². The first-order valence-electron chi connectivity index (χ1n) is 7.07. The molecule has 0 aliphatic carbocycles. The molecule has 20 heavy (non-hydrogen) atoms. The summed E-state index contributed by atoms with van der Waals surface area (Å²) in [6.45, 7) is 8.62. The van der Waals surface area contributed by atoms with E-state index in [4.69, 9.17) is 9.47 Å². The number of hydrogen-bond donors (Lipinski definition) is 1. The number of likely N-dealkylation sites (N-methyl/N-ethyl adjacent to an activating group) is 1. The molecule has 0 aromatic carbocycles. The lowest BCUT2D eigenvalue weighted by Crippen LogP contribution is -2.37. The summed E-state index contributed by atoms with van der Waals surface area (Å²) in [5, 5.41) is 3.27. The van der Waals surface area contributed by atoms with Crippen LogP contribution in [0, 0.1) is 0 Å². The van der Waals surface area contributed by atoms with E-state index < -0.39 is 0 Å². The second kappa shape index (κ2) is 8.58. The first-order valence-corrected chi connectivity index (χ1v) is 7.07. The van der Waals surface area contributed by atoms with Gasteiger partial charge in [-0.2, -0.15) is 0 Å². The number of methoxy groups -OCH3 is 2. The Labute approximate surface area is 121 Å². The van der Waals surface area contributed by atoms with Gasteiger partial charge < -0.3 is 19.7 Å². The monoisotopic (exact) mass is 282 g/mol. The van der Waals surface area contributed by atoms with Gasteiger partial charge in [0.2, 0.25) is 5.75 Å². The molecule has 1 N–H and O–H groups in total. The predicted octanol–water partition coefficient (Wildman–Crippen LogP) is 2.17. The highest BCUT2D eigenvalue weighted by molar-refractivity contribution is 5.65. The number of nitrogens with zero attached hydrogens (tertiary/aromatic N) is 3. The first kappa shape index (κ1) is 16.5. The van der Waals surface area contributed by atoms with Crippen LogP contribution in [0.25, 0.3) is 0 Å². The SMILES string of the molecule is CCCNc1ncnc(N(CC)C(C)COC)c1OC. The fourth-order valence-electron chi connectivity index (χ4n) is 2.13. The zero-order valence-electron chi connectivity index (χ0n) is 13.1. The number of anilines is 2. The fourth-order valence-corrected chi connectivity index (χ4v) is 2.13. The number of rotatable bonds is 9. The van der Waals surface area contributed by atoms with Crippen molar-refractivity contribution in [3.8, 4) is 5.75 Å². The highest BCUT2D eigenvalue weighted by Gasteiger charge is 2.21. The number of aromatic nitrogens is 2. The van der Waals surface area contributed by atoms with Gasteiger partial charge in [0, 0.05) is 20.2 Å². The van der Waals surface area contributed by atoms with Gasteiger partial charge in [0.15, 0.2) is 11.6 Å². The van der Waals surface area contributed by atoms with Crippen molar-refractivity contribution in [2.45, 2.75) is 33.2 Å². The van der Waals surface area contributed by atoms with Gasteiger partial charge in [-0.25, -0.2) is 9.97 Å². The Morgan fingerprint density at radius 1 is 1.30 bits per heavy atom. The summed E-state index contributed by atoms with van der Waals surface area (Å²) in [7, 11) is 3.35. The molecule has 1 unspecified atom stereocenters. The lowest BCUT2D eigenvalue weighted by atomic mass is 10.2. The van der Waals surface area contributed by atoms with Crippen molar-refractivity contribution in [2.75, 3.05) is 44.1 Å². The van der Waals surface area contributed by atoms with Crippen LogP contribution >= 0.6 is 0 Å². The van der Waals surface area contributed by atoms with Crippen LogP contribution in [-0.2, 0) is 4.74 Å². The van der Waals surface area contributed by atoms with E-state index in [0.29, 0.717) is 12.4 Å². The van der Waals surface area contributed by atoms with Crippen molar-refractivity contribution in [1.29, 1.82) is 0 Å². The summed E-state index contributed by atoms with van der Waals surface area (Å²) in [5.74, 6) is 2.22. The maximum Gasteiger partial charge on any atom is 0.204 e. The van der Waals surface area contributed by atoms with Gasteiger partial charge in [-0.05, 0) is 20.3 Å². The molecule has 1 rings (SSSR count). The van der Waals surface area contributed by atoms with E-state index in [1.54, 1.807) is 20.5 Å². The molecule has 1 atom stereocenters. The molecule has 0 spiro atoms. The molecular weight excluding hydrogens is 256 g/mol. The minimum absolute atomic E-state index is 0.216. The van der Waals surface area contributed by atoms with E-state index in [1.165, 1.54) is 0 Å². The fraction of sp³-hybridized carbons (Fsp3) is 0.714. The van der Waals surface area contributed by atoms with Crippen LogP contribution in [-0.4, -0.2) is 49.9 Å². The summed E-state index contributed by atoms with van der Waals surface area (Å²) < 4.78 is 10.7. The van der Waals surface area contributed by atoms with Crippen molar-refractivity contribution in [1.82, 2.24) is 9.97 Å².